The molecule has 0 aliphatic heterocycles. The van der Waals surface area contributed by atoms with Crippen molar-refractivity contribution < 1.29 is 9.53 Å². The third-order valence-electron chi connectivity index (χ3n) is 3.27. The van der Waals surface area contributed by atoms with Gasteiger partial charge in [-0.3, -0.25) is 4.79 Å². The van der Waals surface area contributed by atoms with Gasteiger partial charge < -0.3 is 15.4 Å². The van der Waals surface area contributed by atoms with Crippen LogP contribution in [0, 0.1) is 0 Å². The summed E-state index contributed by atoms with van der Waals surface area (Å²) in [6.07, 6.45) is 0.790. The fourth-order valence-corrected chi connectivity index (χ4v) is 2.13. The normalized spacial score (nSPS) is 9.78. The van der Waals surface area contributed by atoms with Crippen LogP contribution in [0.15, 0.2) is 54.6 Å². The lowest BCUT2D eigenvalue weighted by Gasteiger charge is -2.11. The molecule has 0 unspecified atom stereocenters. The second-order valence-corrected chi connectivity index (χ2v) is 5.01. The Kier molecular flexibility index (Phi) is 8.80. The number of likely N-dealkylation sites (N-methyl/N-ethyl adjacent to an activating group) is 1. The SMILES string of the molecule is CNCCNC(=O)COc1ccccc1Cc1ccccc1.Cl. The van der Waals surface area contributed by atoms with E-state index >= 15 is 0 Å². The van der Waals surface area contributed by atoms with Crippen molar-refractivity contribution in [3.8, 4) is 5.75 Å². The Bertz CT molecular complexity index is 591. The molecule has 0 aromatic heterocycles. The highest BCUT2D eigenvalue weighted by Gasteiger charge is 2.07. The van der Waals surface area contributed by atoms with E-state index in [0.29, 0.717) is 6.54 Å². The van der Waals surface area contributed by atoms with Crippen molar-refractivity contribution in [1.82, 2.24) is 10.6 Å². The zero-order chi connectivity index (χ0) is 15.6. The van der Waals surface area contributed by atoms with Crippen molar-refractivity contribution in [3.05, 3.63) is 65.7 Å². The predicted octanol–water partition coefficient (Wildman–Crippen LogP) is 2.41. The third-order valence-corrected chi connectivity index (χ3v) is 3.27. The van der Waals surface area contributed by atoms with Gasteiger partial charge in [0, 0.05) is 19.5 Å². The molecule has 0 heterocycles. The van der Waals surface area contributed by atoms with Gasteiger partial charge in [0.15, 0.2) is 6.61 Å². The lowest BCUT2D eigenvalue weighted by Crippen LogP contribution is -2.33. The maximum absolute atomic E-state index is 11.7. The van der Waals surface area contributed by atoms with Crippen LogP contribution in [0.3, 0.4) is 0 Å². The highest BCUT2D eigenvalue weighted by Crippen LogP contribution is 2.21. The number of carbonyl (C=O) groups is 1. The molecule has 0 radical (unpaired) electrons. The van der Waals surface area contributed by atoms with E-state index in [1.54, 1.807) is 0 Å². The summed E-state index contributed by atoms with van der Waals surface area (Å²) < 4.78 is 5.67. The first-order valence-corrected chi connectivity index (χ1v) is 7.45. The molecular formula is C18H23ClN2O2. The molecule has 4 nitrogen and oxygen atoms in total. The summed E-state index contributed by atoms with van der Waals surface area (Å²) in [5.41, 5.74) is 2.30. The summed E-state index contributed by atoms with van der Waals surface area (Å²) in [7, 11) is 1.85. The number of hydrogen-bond donors (Lipinski definition) is 2. The maximum atomic E-state index is 11.7. The zero-order valence-electron chi connectivity index (χ0n) is 13.2. The van der Waals surface area contributed by atoms with Crippen LogP contribution < -0.4 is 15.4 Å². The number of hydrogen-bond acceptors (Lipinski definition) is 3. The number of rotatable bonds is 8. The van der Waals surface area contributed by atoms with E-state index in [4.69, 9.17) is 4.74 Å². The van der Waals surface area contributed by atoms with Gasteiger partial charge in [0.1, 0.15) is 5.75 Å². The molecule has 0 bridgehead atoms. The van der Waals surface area contributed by atoms with Crippen LogP contribution in [0.4, 0.5) is 0 Å². The molecule has 0 saturated carbocycles. The lowest BCUT2D eigenvalue weighted by atomic mass is 10.0. The Labute approximate surface area is 143 Å². The van der Waals surface area contributed by atoms with Crippen LogP contribution in [0.1, 0.15) is 11.1 Å². The fraction of sp³-hybridized carbons (Fsp3) is 0.278. The van der Waals surface area contributed by atoms with Gasteiger partial charge in [0.25, 0.3) is 5.91 Å². The van der Waals surface area contributed by atoms with Crippen LogP contribution >= 0.6 is 12.4 Å². The molecule has 0 aliphatic rings. The summed E-state index contributed by atoms with van der Waals surface area (Å²) >= 11 is 0. The van der Waals surface area contributed by atoms with E-state index in [1.165, 1.54) is 5.56 Å². The topological polar surface area (TPSA) is 50.4 Å². The summed E-state index contributed by atoms with van der Waals surface area (Å²) in [5, 5.41) is 5.77. The van der Waals surface area contributed by atoms with Crippen LogP contribution in [-0.4, -0.2) is 32.7 Å². The zero-order valence-corrected chi connectivity index (χ0v) is 14.1. The number of carbonyl (C=O) groups excluding carboxylic acids is 1. The number of benzene rings is 2. The summed E-state index contributed by atoms with van der Waals surface area (Å²) in [6, 6.07) is 18.0. The van der Waals surface area contributed by atoms with E-state index < -0.39 is 0 Å². The van der Waals surface area contributed by atoms with Crippen molar-refractivity contribution in [2.45, 2.75) is 6.42 Å². The Morgan fingerprint density at radius 3 is 2.43 bits per heavy atom. The first kappa shape index (κ1) is 19.0. The van der Waals surface area contributed by atoms with Gasteiger partial charge in [-0.25, -0.2) is 0 Å². The van der Waals surface area contributed by atoms with E-state index in [-0.39, 0.29) is 24.9 Å². The minimum Gasteiger partial charge on any atom is -0.483 e. The Hall–Kier alpha value is -2.04. The first-order valence-electron chi connectivity index (χ1n) is 7.45. The molecule has 0 spiro atoms. The van der Waals surface area contributed by atoms with Crippen molar-refractivity contribution in [1.29, 1.82) is 0 Å². The van der Waals surface area contributed by atoms with Crippen molar-refractivity contribution in [2.24, 2.45) is 0 Å². The molecular weight excluding hydrogens is 312 g/mol. The van der Waals surface area contributed by atoms with Gasteiger partial charge in [0.2, 0.25) is 0 Å². The molecule has 2 rings (SSSR count). The van der Waals surface area contributed by atoms with E-state index in [1.807, 2.05) is 49.5 Å². The summed E-state index contributed by atoms with van der Waals surface area (Å²) in [5.74, 6) is 0.653. The van der Waals surface area contributed by atoms with E-state index in [9.17, 15) is 4.79 Å². The smallest absolute Gasteiger partial charge is 0.257 e. The monoisotopic (exact) mass is 334 g/mol. The minimum absolute atomic E-state index is 0. The third kappa shape index (κ3) is 6.72. The predicted molar refractivity (Wildman–Crippen MR) is 95.4 cm³/mol. The number of amides is 1. The van der Waals surface area contributed by atoms with Crippen LogP contribution in [0.5, 0.6) is 5.75 Å². The highest BCUT2D eigenvalue weighted by atomic mass is 35.5. The number of nitrogens with one attached hydrogen (secondary N) is 2. The van der Waals surface area contributed by atoms with Gasteiger partial charge >= 0.3 is 0 Å². The Balaban J connectivity index is 0.00000264. The Morgan fingerprint density at radius 1 is 1.00 bits per heavy atom. The van der Waals surface area contributed by atoms with Crippen LogP contribution in [-0.2, 0) is 11.2 Å². The van der Waals surface area contributed by atoms with Gasteiger partial charge in [-0.2, -0.15) is 0 Å². The molecule has 124 valence electrons. The second-order valence-electron chi connectivity index (χ2n) is 5.01. The molecule has 5 heteroatoms. The highest BCUT2D eigenvalue weighted by molar-refractivity contribution is 5.85. The standard InChI is InChI=1S/C18H22N2O2.ClH/c1-19-11-12-20-18(21)14-22-17-10-6-5-9-16(17)13-15-7-3-2-4-8-15;/h2-10,19H,11-14H2,1H3,(H,20,21);1H. The molecule has 0 aliphatic carbocycles. The van der Waals surface area contributed by atoms with Crippen molar-refractivity contribution in [2.75, 3.05) is 26.7 Å². The van der Waals surface area contributed by atoms with E-state index in [2.05, 4.69) is 22.8 Å². The molecule has 2 aromatic carbocycles. The molecule has 2 N–H and O–H groups in total. The average molecular weight is 335 g/mol. The van der Waals surface area contributed by atoms with Crippen molar-refractivity contribution >= 4 is 18.3 Å². The lowest BCUT2D eigenvalue weighted by molar-refractivity contribution is -0.123. The number of halogens is 1. The minimum atomic E-state index is -0.107. The number of ether oxygens (including phenoxy) is 1. The first-order chi connectivity index (χ1) is 10.8. The van der Waals surface area contributed by atoms with Crippen molar-refractivity contribution in [3.63, 3.8) is 0 Å². The maximum Gasteiger partial charge on any atom is 0.257 e. The van der Waals surface area contributed by atoms with Gasteiger partial charge in [-0.15, -0.1) is 12.4 Å². The Morgan fingerprint density at radius 2 is 1.70 bits per heavy atom. The van der Waals surface area contributed by atoms with Crippen LogP contribution in [0.2, 0.25) is 0 Å². The molecule has 0 saturated heterocycles. The largest absolute Gasteiger partial charge is 0.483 e. The average Bonchev–Trinajstić information content (AvgIpc) is 2.55. The molecule has 2 aromatic rings. The molecule has 1 amide bonds. The molecule has 23 heavy (non-hydrogen) atoms. The second kappa shape index (κ2) is 10.6. The van der Waals surface area contributed by atoms with Gasteiger partial charge in [-0.1, -0.05) is 48.5 Å². The summed E-state index contributed by atoms with van der Waals surface area (Å²) in [6.45, 7) is 1.39. The molecule has 0 fully saturated rings. The number of para-hydroxylation sites is 1. The molecule has 0 atom stereocenters. The van der Waals surface area contributed by atoms with Gasteiger partial charge in [-0.05, 0) is 24.2 Å². The van der Waals surface area contributed by atoms with Gasteiger partial charge in [0.05, 0.1) is 0 Å². The fourth-order valence-electron chi connectivity index (χ4n) is 2.13. The van der Waals surface area contributed by atoms with Crippen LogP contribution in [0.25, 0.3) is 0 Å². The quantitative estimate of drug-likeness (QED) is 0.729. The summed E-state index contributed by atoms with van der Waals surface area (Å²) in [4.78, 5) is 11.7. The van der Waals surface area contributed by atoms with E-state index in [0.717, 1.165) is 24.3 Å².